The summed E-state index contributed by atoms with van der Waals surface area (Å²) >= 11 is 11.7. The molecule has 0 aliphatic rings. The predicted octanol–water partition coefficient (Wildman–Crippen LogP) is 2.77. The van der Waals surface area contributed by atoms with Gasteiger partial charge in [-0.1, -0.05) is 23.2 Å². The van der Waals surface area contributed by atoms with E-state index >= 15 is 0 Å². The van der Waals surface area contributed by atoms with Gasteiger partial charge >= 0.3 is 0 Å². The van der Waals surface area contributed by atoms with Crippen LogP contribution in [0.5, 0.6) is 0 Å². The van der Waals surface area contributed by atoms with Gasteiger partial charge in [-0.2, -0.15) is 0 Å². The van der Waals surface area contributed by atoms with Crippen molar-refractivity contribution >= 4 is 44.6 Å². The minimum absolute atomic E-state index is 0.0254. The fourth-order valence-electron chi connectivity index (χ4n) is 1.39. The van der Waals surface area contributed by atoms with E-state index in [2.05, 4.69) is 9.71 Å². The molecule has 0 amide bonds. The Hall–Kier alpha value is -1.50. The van der Waals surface area contributed by atoms with E-state index in [4.69, 9.17) is 28.9 Å². The first-order valence-electron chi connectivity index (χ1n) is 5.08. The fraction of sp³-hybridized carbons (Fsp3) is 0. The predicted molar refractivity (Wildman–Crippen MR) is 75.9 cm³/mol. The molecule has 3 N–H and O–H groups in total. The minimum atomic E-state index is -3.84. The largest absolute Gasteiger partial charge is 0.396 e. The number of anilines is 2. The number of hydrogen-bond donors (Lipinski definition) is 2. The monoisotopic (exact) mass is 317 g/mol. The molecular formula is C11H9Cl2N3O2S. The molecule has 0 saturated heterocycles. The molecule has 1 aromatic heterocycles. The molecular weight excluding hydrogens is 309 g/mol. The van der Waals surface area contributed by atoms with Crippen LogP contribution in [0, 0.1) is 0 Å². The van der Waals surface area contributed by atoms with E-state index in [-0.39, 0.29) is 20.6 Å². The molecule has 0 unspecified atom stereocenters. The summed E-state index contributed by atoms with van der Waals surface area (Å²) in [5.41, 5.74) is 5.96. The number of hydrogen-bond acceptors (Lipinski definition) is 4. The van der Waals surface area contributed by atoms with Crippen LogP contribution in [0.2, 0.25) is 10.0 Å². The summed E-state index contributed by atoms with van der Waals surface area (Å²) in [6.07, 6.45) is 2.91. The maximum Gasteiger partial charge on any atom is 0.263 e. The van der Waals surface area contributed by atoms with Crippen molar-refractivity contribution in [3.05, 3.63) is 46.7 Å². The van der Waals surface area contributed by atoms with Gasteiger partial charge in [-0.3, -0.25) is 9.71 Å². The summed E-state index contributed by atoms with van der Waals surface area (Å²) < 4.78 is 26.7. The van der Waals surface area contributed by atoms with Gasteiger partial charge in [0.15, 0.2) is 0 Å². The Bertz CT molecular complexity index is 705. The van der Waals surface area contributed by atoms with Crippen LogP contribution in [-0.4, -0.2) is 13.4 Å². The van der Waals surface area contributed by atoms with E-state index in [0.717, 1.165) is 0 Å². The van der Waals surface area contributed by atoms with Crippen LogP contribution in [0.15, 0.2) is 41.6 Å². The number of nitrogen functional groups attached to an aromatic ring is 1. The number of sulfonamides is 1. The molecule has 5 nitrogen and oxygen atoms in total. The summed E-state index contributed by atoms with van der Waals surface area (Å²) in [5, 5.41) is 0.0919. The molecule has 8 heteroatoms. The zero-order chi connectivity index (χ0) is 14.0. The SMILES string of the molecule is Nc1c(Cl)ccc(S(=O)(=O)Nc2cccnc2)c1Cl. The van der Waals surface area contributed by atoms with Crippen LogP contribution in [0.25, 0.3) is 0 Å². The van der Waals surface area contributed by atoms with Gasteiger partial charge in [-0.05, 0) is 24.3 Å². The van der Waals surface area contributed by atoms with Crippen LogP contribution < -0.4 is 10.5 Å². The number of benzene rings is 1. The molecule has 19 heavy (non-hydrogen) atoms. The Morgan fingerprint density at radius 3 is 2.58 bits per heavy atom. The lowest BCUT2D eigenvalue weighted by atomic mass is 10.3. The van der Waals surface area contributed by atoms with Gasteiger partial charge in [-0.25, -0.2) is 8.42 Å². The highest BCUT2D eigenvalue weighted by molar-refractivity contribution is 7.92. The lowest BCUT2D eigenvalue weighted by molar-refractivity contribution is 0.601. The highest BCUT2D eigenvalue weighted by Gasteiger charge is 2.20. The van der Waals surface area contributed by atoms with Gasteiger partial charge in [0.25, 0.3) is 10.0 Å². The van der Waals surface area contributed by atoms with Gasteiger partial charge in [0.2, 0.25) is 0 Å². The molecule has 0 bridgehead atoms. The van der Waals surface area contributed by atoms with Crippen molar-refractivity contribution in [2.45, 2.75) is 4.90 Å². The second kappa shape index (κ2) is 5.24. The highest BCUT2D eigenvalue weighted by Crippen LogP contribution is 2.33. The Morgan fingerprint density at radius 2 is 1.95 bits per heavy atom. The van der Waals surface area contributed by atoms with Crippen molar-refractivity contribution in [3.8, 4) is 0 Å². The van der Waals surface area contributed by atoms with E-state index in [9.17, 15) is 8.42 Å². The first-order chi connectivity index (χ1) is 8.92. The quantitative estimate of drug-likeness (QED) is 0.852. The number of aromatic nitrogens is 1. The smallest absolute Gasteiger partial charge is 0.263 e. The number of halogens is 2. The Balaban J connectivity index is 2.44. The van der Waals surface area contributed by atoms with Gasteiger partial charge in [0.1, 0.15) is 4.90 Å². The molecule has 2 aromatic rings. The normalized spacial score (nSPS) is 11.3. The van der Waals surface area contributed by atoms with Crippen molar-refractivity contribution in [3.63, 3.8) is 0 Å². The maximum absolute atomic E-state index is 12.2. The van der Waals surface area contributed by atoms with Crippen LogP contribution in [0.3, 0.4) is 0 Å². The molecule has 0 aliphatic carbocycles. The molecule has 1 aromatic carbocycles. The van der Waals surface area contributed by atoms with Crippen LogP contribution >= 0.6 is 23.2 Å². The Morgan fingerprint density at radius 1 is 1.21 bits per heavy atom. The topological polar surface area (TPSA) is 85.1 Å². The summed E-state index contributed by atoms with van der Waals surface area (Å²) in [7, 11) is -3.84. The third kappa shape index (κ3) is 2.91. The lowest BCUT2D eigenvalue weighted by Gasteiger charge is -2.11. The molecule has 0 saturated carbocycles. The second-order valence-corrected chi connectivity index (χ2v) is 6.06. The Labute approximate surface area is 120 Å². The van der Waals surface area contributed by atoms with Gasteiger partial charge in [-0.15, -0.1) is 0 Å². The molecule has 0 fully saturated rings. The van der Waals surface area contributed by atoms with E-state index < -0.39 is 10.0 Å². The zero-order valence-electron chi connectivity index (χ0n) is 9.47. The average Bonchev–Trinajstić information content (AvgIpc) is 2.36. The first kappa shape index (κ1) is 13.9. The van der Waals surface area contributed by atoms with E-state index in [0.29, 0.717) is 5.69 Å². The zero-order valence-corrected chi connectivity index (χ0v) is 11.8. The fourth-order valence-corrected chi connectivity index (χ4v) is 3.20. The van der Waals surface area contributed by atoms with Crippen LogP contribution in [0.1, 0.15) is 0 Å². The number of nitrogens with two attached hydrogens (primary N) is 1. The van der Waals surface area contributed by atoms with Gasteiger partial charge in [0, 0.05) is 6.20 Å². The number of nitrogens with one attached hydrogen (secondary N) is 1. The third-order valence-electron chi connectivity index (χ3n) is 2.29. The molecule has 2 rings (SSSR count). The van der Waals surface area contributed by atoms with Gasteiger partial charge < -0.3 is 5.73 Å². The summed E-state index contributed by atoms with van der Waals surface area (Å²) in [6.45, 7) is 0. The van der Waals surface area contributed by atoms with E-state index in [1.807, 2.05) is 0 Å². The summed E-state index contributed by atoms with van der Waals surface area (Å²) in [5.74, 6) is 0. The molecule has 1 heterocycles. The molecule has 0 aliphatic heterocycles. The third-order valence-corrected chi connectivity index (χ3v) is 4.57. The number of nitrogens with zero attached hydrogens (tertiary/aromatic N) is 1. The van der Waals surface area contributed by atoms with Crippen molar-refractivity contribution in [2.75, 3.05) is 10.5 Å². The first-order valence-corrected chi connectivity index (χ1v) is 7.32. The average molecular weight is 318 g/mol. The number of pyridine rings is 1. The van der Waals surface area contributed by atoms with E-state index in [1.54, 1.807) is 12.1 Å². The molecule has 0 radical (unpaired) electrons. The molecule has 0 atom stereocenters. The minimum Gasteiger partial charge on any atom is -0.396 e. The standard InChI is InChI=1S/C11H9Cl2N3O2S/c12-8-3-4-9(10(13)11(8)14)19(17,18)16-7-2-1-5-15-6-7/h1-6,16H,14H2. The highest BCUT2D eigenvalue weighted by atomic mass is 35.5. The van der Waals surface area contributed by atoms with Crippen LogP contribution in [-0.2, 0) is 10.0 Å². The lowest BCUT2D eigenvalue weighted by Crippen LogP contribution is -2.14. The Kier molecular flexibility index (Phi) is 3.84. The summed E-state index contributed by atoms with van der Waals surface area (Å²) in [4.78, 5) is 3.67. The van der Waals surface area contributed by atoms with Crippen LogP contribution in [0.4, 0.5) is 11.4 Å². The molecule has 0 spiro atoms. The van der Waals surface area contributed by atoms with Crippen molar-refractivity contribution in [2.24, 2.45) is 0 Å². The molecule has 100 valence electrons. The van der Waals surface area contributed by atoms with E-state index in [1.165, 1.54) is 24.5 Å². The second-order valence-electron chi connectivity index (χ2n) is 3.62. The van der Waals surface area contributed by atoms with Crippen molar-refractivity contribution in [1.29, 1.82) is 0 Å². The van der Waals surface area contributed by atoms with Crippen molar-refractivity contribution < 1.29 is 8.42 Å². The number of rotatable bonds is 3. The van der Waals surface area contributed by atoms with Crippen molar-refractivity contribution in [1.82, 2.24) is 4.98 Å². The summed E-state index contributed by atoms with van der Waals surface area (Å²) in [6, 6.07) is 5.84. The maximum atomic E-state index is 12.2. The van der Waals surface area contributed by atoms with Gasteiger partial charge in [0.05, 0.1) is 27.6 Å².